The van der Waals surface area contributed by atoms with Gasteiger partial charge in [-0.25, -0.2) is 9.97 Å². The number of para-hydroxylation sites is 1. The first-order valence-corrected chi connectivity index (χ1v) is 9.32. The second kappa shape index (κ2) is 5.13. The first-order valence-electron chi connectivity index (χ1n) is 8.50. The first kappa shape index (κ1) is 14.0. The number of aromatic nitrogens is 3. The lowest BCUT2D eigenvalue weighted by molar-refractivity contribution is 1.08. The summed E-state index contributed by atoms with van der Waals surface area (Å²) >= 11 is 1.85. The van der Waals surface area contributed by atoms with Crippen LogP contribution in [0.4, 0.5) is 0 Å². The molecule has 0 fully saturated rings. The highest BCUT2D eigenvalue weighted by atomic mass is 32.1. The topological polar surface area (TPSA) is 30.7 Å². The van der Waals surface area contributed by atoms with E-state index in [2.05, 4.69) is 75.2 Å². The number of benzene rings is 3. The molecule has 0 aliphatic carbocycles. The molecular weight excluding hydrogens is 338 g/mol. The van der Waals surface area contributed by atoms with Gasteiger partial charge in [-0.05, 0) is 24.3 Å². The zero-order valence-corrected chi connectivity index (χ0v) is 14.6. The minimum Gasteiger partial charge on any atom is -0.306 e. The van der Waals surface area contributed by atoms with Gasteiger partial charge in [-0.15, -0.1) is 11.3 Å². The number of hydrogen-bond acceptors (Lipinski definition) is 3. The Morgan fingerprint density at radius 1 is 0.654 bits per heavy atom. The van der Waals surface area contributed by atoms with Crippen molar-refractivity contribution >= 4 is 53.3 Å². The maximum atomic E-state index is 4.22. The highest BCUT2D eigenvalue weighted by Gasteiger charge is 2.15. The monoisotopic (exact) mass is 351 g/mol. The van der Waals surface area contributed by atoms with Crippen molar-refractivity contribution in [1.29, 1.82) is 0 Å². The SMILES string of the molecule is c1ccc2c(c1)sc1cc3c(cc12)c1ccccc1n3-c1cncnc1. The van der Waals surface area contributed by atoms with Crippen LogP contribution in [0.3, 0.4) is 0 Å². The van der Waals surface area contributed by atoms with Crippen molar-refractivity contribution in [3.05, 3.63) is 79.4 Å². The van der Waals surface area contributed by atoms with Gasteiger partial charge < -0.3 is 4.57 Å². The molecule has 0 aliphatic heterocycles. The van der Waals surface area contributed by atoms with E-state index < -0.39 is 0 Å². The van der Waals surface area contributed by atoms with E-state index in [1.54, 1.807) is 6.33 Å². The maximum absolute atomic E-state index is 4.22. The molecule has 26 heavy (non-hydrogen) atoms. The lowest BCUT2D eigenvalue weighted by Crippen LogP contribution is -1.95. The van der Waals surface area contributed by atoms with Crippen LogP contribution in [0, 0.1) is 0 Å². The third-order valence-electron chi connectivity index (χ3n) is 4.98. The van der Waals surface area contributed by atoms with Gasteiger partial charge in [0.05, 0.1) is 29.1 Å². The molecule has 3 aromatic heterocycles. The summed E-state index contributed by atoms with van der Waals surface area (Å²) in [7, 11) is 0. The van der Waals surface area contributed by atoms with Crippen LogP contribution in [0.1, 0.15) is 0 Å². The lowest BCUT2D eigenvalue weighted by Gasteiger charge is -2.06. The summed E-state index contributed by atoms with van der Waals surface area (Å²) in [5.74, 6) is 0. The molecule has 6 rings (SSSR count). The number of hydrogen-bond donors (Lipinski definition) is 0. The minimum atomic E-state index is 0.985. The zero-order chi connectivity index (χ0) is 17.1. The van der Waals surface area contributed by atoms with Gasteiger partial charge in [-0.3, -0.25) is 0 Å². The molecule has 3 nitrogen and oxygen atoms in total. The molecule has 0 radical (unpaired) electrons. The number of nitrogens with zero attached hydrogens (tertiary/aromatic N) is 3. The van der Waals surface area contributed by atoms with E-state index in [1.807, 2.05) is 23.7 Å². The van der Waals surface area contributed by atoms with E-state index in [1.165, 1.54) is 42.0 Å². The van der Waals surface area contributed by atoms with E-state index in [9.17, 15) is 0 Å². The van der Waals surface area contributed by atoms with Crippen LogP contribution < -0.4 is 0 Å². The largest absolute Gasteiger partial charge is 0.306 e. The molecule has 0 aliphatic rings. The Morgan fingerprint density at radius 3 is 2.31 bits per heavy atom. The normalized spacial score (nSPS) is 11.8. The first-order chi connectivity index (χ1) is 12.9. The summed E-state index contributed by atoms with van der Waals surface area (Å²) in [6.45, 7) is 0. The van der Waals surface area contributed by atoms with Crippen molar-refractivity contribution in [3.8, 4) is 5.69 Å². The summed E-state index contributed by atoms with van der Waals surface area (Å²) < 4.78 is 4.89. The quantitative estimate of drug-likeness (QED) is 0.367. The Labute approximate surface area is 153 Å². The van der Waals surface area contributed by atoms with Crippen LogP contribution in [0.15, 0.2) is 79.4 Å². The summed E-state index contributed by atoms with van der Waals surface area (Å²) in [5.41, 5.74) is 3.36. The third kappa shape index (κ3) is 1.82. The van der Waals surface area contributed by atoms with Gasteiger partial charge >= 0.3 is 0 Å². The molecule has 0 saturated heterocycles. The van der Waals surface area contributed by atoms with E-state index in [0.29, 0.717) is 0 Å². The van der Waals surface area contributed by atoms with Crippen LogP contribution >= 0.6 is 11.3 Å². The summed E-state index contributed by atoms with van der Waals surface area (Å²) in [6, 6.07) is 21.8. The van der Waals surface area contributed by atoms with Gasteiger partial charge in [0.2, 0.25) is 0 Å². The van der Waals surface area contributed by atoms with Gasteiger partial charge in [-0.1, -0.05) is 36.4 Å². The van der Waals surface area contributed by atoms with Crippen molar-refractivity contribution in [2.24, 2.45) is 0 Å². The Hall–Kier alpha value is -3.24. The Kier molecular flexibility index (Phi) is 2.76. The van der Waals surface area contributed by atoms with Gasteiger partial charge in [0.15, 0.2) is 0 Å². The molecule has 0 spiro atoms. The molecule has 122 valence electrons. The van der Waals surface area contributed by atoms with Crippen molar-refractivity contribution in [3.63, 3.8) is 0 Å². The molecule has 4 heteroatoms. The second-order valence-electron chi connectivity index (χ2n) is 6.41. The van der Waals surface area contributed by atoms with E-state index >= 15 is 0 Å². The van der Waals surface area contributed by atoms with Crippen molar-refractivity contribution in [1.82, 2.24) is 14.5 Å². The number of rotatable bonds is 1. The Morgan fingerprint density at radius 2 is 1.42 bits per heavy atom. The van der Waals surface area contributed by atoms with Crippen molar-refractivity contribution < 1.29 is 0 Å². The van der Waals surface area contributed by atoms with E-state index in [-0.39, 0.29) is 0 Å². The molecule has 3 aromatic carbocycles. The fourth-order valence-electron chi connectivity index (χ4n) is 3.87. The maximum Gasteiger partial charge on any atom is 0.115 e. The molecule has 0 amide bonds. The predicted molar refractivity (Wildman–Crippen MR) is 109 cm³/mol. The van der Waals surface area contributed by atoms with Gasteiger partial charge in [0.25, 0.3) is 0 Å². The highest BCUT2D eigenvalue weighted by molar-refractivity contribution is 7.25. The van der Waals surface area contributed by atoms with Gasteiger partial charge in [0, 0.05) is 30.9 Å². The molecule has 0 unspecified atom stereocenters. The molecule has 0 saturated carbocycles. The van der Waals surface area contributed by atoms with Crippen LogP contribution in [-0.2, 0) is 0 Å². The molecule has 0 bridgehead atoms. The van der Waals surface area contributed by atoms with Gasteiger partial charge in [0.1, 0.15) is 6.33 Å². The predicted octanol–water partition coefficient (Wildman–Crippen LogP) is 5.94. The fourth-order valence-corrected chi connectivity index (χ4v) is 4.99. The Balaban J connectivity index is 1.85. The average Bonchev–Trinajstić information content (AvgIpc) is 3.22. The molecular formula is C22H13N3S. The van der Waals surface area contributed by atoms with Crippen LogP contribution in [-0.4, -0.2) is 14.5 Å². The highest BCUT2D eigenvalue weighted by Crippen LogP contribution is 2.40. The van der Waals surface area contributed by atoms with E-state index in [4.69, 9.17) is 0 Å². The molecule has 6 aromatic rings. The van der Waals surface area contributed by atoms with Crippen LogP contribution in [0.2, 0.25) is 0 Å². The van der Waals surface area contributed by atoms with Crippen molar-refractivity contribution in [2.75, 3.05) is 0 Å². The second-order valence-corrected chi connectivity index (χ2v) is 7.50. The Bertz CT molecular complexity index is 1430. The fraction of sp³-hybridized carbons (Fsp3) is 0. The average molecular weight is 351 g/mol. The summed E-state index contributed by atoms with van der Waals surface area (Å²) in [6.07, 6.45) is 5.31. The van der Waals surface area contributed by atoms with E-state index in [0.717, 1.165) is 5.69 Å². The van der Waals surface area contributed by atoms with Crippen LogP contribution in [0.25, 0.3) is 47.7 Å². The smallest absolute Gasteiger partial charge is 0.115 e. The number of thiophene rings is 1. The molecule has 0 atom stereocenters. The summed E-state index contributed by atoms with van der Waals surface area (Å²) in [5, 5.41) is 5.17. The lowest BCUT2D eigenvalue weighted by atomic mass is 10.1. The van der Waals surface area contributed by atoms with Crippen molar-refractivity contribution in [2.45, 2.75) is 0 Å². The minimum absolute atomic E-state index is 0.985. The summed E-state index contributed by atoms with van der Waals surface area (Å²) in [4.78, 5) is 8.44. The molecule has 0 N–H and O–H groups in total. The van der Waals surface area contributed by atoms with Crippen LogP contribution in [0.5, 0.6) is 0 Å². The number of fused-ring (bicyclic) bond motifs is 6. The zero-order valence-electron chi connectivity index (χ0n) is 13.8. The standard InChI is InChI=1S/C22H13N3S/c1-3-7-19-15(5-1)17-9-18-16-6-2-4-8-21(16)26-22(18)10-20(17)25(19)14-11-23-13-24-12-14/h1-13H. The van der Waals surface area contributed by atoms with Gasteiger partial charge in [-0.2, -0.15) is 0 Å². The third-order valence-corrected chi connectivity index (χ3v) is 6.11. The molecule has 3 heterocycles.